The number of nitrogens with zero attached hydrogens (tertiary/aromatic N) is 2. The van der Waals surface area contributed by atoms with Gasteiger partial charge in [0.2, 0.25) is 0 Å². The predicted octanol–water partition coefficient (Wildman–Crippen LogP) is 5.34. The lowest BCUT2D eigenvalue weighted by Crippen LogP contribution is -2.32. The normalized spacial score (nSPS) is 13.8. The van der Waals surface area contributed by atoms with Crippen molar-refractivity contribution < 1.29 is 9.59 Å². The highest BCUT2D eigenvalue weighted by Gasteiger charge is 2.40. The third kappa shape index (κ3) is 4.33. The van der Waals surface area contributed by atoms with Crippen molar-refractivity contribution in [2.45, 2.75) is 19.9 Å². The average Bonchev–Trinajstić information content (AvgIpc) is 2.99. The number of pyridine rings is 1. The molecule has 0 fully saturated rings. The number of nitrogens with one attached hydrogen (secondary N) is 1. The Hall–Kier alpha value is -3.15. The maximum Gasteiger partial charge on any atom is 0.278 e. The summed E-state index contributed by atoms with van der Waals surface area (Å²) in [5.74, 6) is -0.832. The van der Waals surface area contributed by atoms with Crippen LogP contribution in [0.4, 0.5) is 5.69 Å². The summed E-state index contributed by atoms with van der Waals surface area (Å²) >= 11 is 12.4. The molecule has 2 aromatic carbocycles. The molecule has 0 saturated carbocycles. The zero-order valence-corrected chi connectivity index (χ0v) is 18.2. The Morgan fingerprint density at radius 3 is 2.26 bits per heavy atom. The number of amides is 2. The number of carbonyl (C=O) groups is 2. The zero-order chi connectivity index (χ0) is 22.0. The van der Waals surface area contributed by atoms with Gasteiger partial charge in [0, 0.05) is 28.7 Å². The maximum absolute atomic E-state index is 13.4. The molecule has 1 aliphatic rings. The highest BCUT2D eigenvalue weighted by molar-refractivity contribution is 6.41. The number of anilines is 1. The van der Waals surface area contributed by atoms with Crippen LogP contribution >= 0.6 is 23.2 Å². The molecule has 0 atom stereocenters. The van der Waals surface area contributed by atoms with Crippen LogP contribution in [0.2, 0.25) is 10.0 Å². The van der Waals surface area contributed by atoms with Crippen LogP contribution in [0.15, 0.2) is 72.7 Å². The van der Waals surface area contributed by atoms with Crippen LogP contribution < -0.4 is 5.32 Å². The maximum atomic E-state index is 13.4. The molecule has 3 aromatic rings. The van der Waals surface area contributed by atoms with Crippen LogP contribution in [-0.4, -0.2) is 21.7 Å². The molecular formula is C24H19Cl2N3O2. The topological polar surface area (TPSA) is 62.3 Å². The highest BCUT2D eigenvalue weighted by Crippen LogP contribution is 2.36. The lowest BCUT2D eigenvalue weighted by Gasteiger charge is -2.15. The molecule has 156 valence electrons. The molecule has 1 N–H and O–H groups in total. The van der Waals surface area contributed by atoms with Gasteiger partial charge in [-0.25, -0.2) is 0 Å². The van der Waals surface area contributed by atoms with Crippen LogP contribution in [0.1, 0.15) is 23.6 Å². The van der Waals surface area contributed by atoms with E-state index in [-0.39, 0.29) is 17.8 Å². The predicted molar refractivity (Wildman–Crippen MR) is 123 cm³/mol. The molecule has 31 heavy (non-hydrogen) atoms. The Morgan fingerprint density at radius 1 is 0.903 bits per heavy atom. The summed E-state index contributed by atoms with van der Waals surface area (Å²) in [6, 6.07) is 16.1. The van der Waals surface area contributed by atoms with E-state index in [9.17, 15) is 9.59 Å². The first kappa shape index (κ1) is 21.1. The quantitative estimate of drug-likeness (QED) is 0.513. The van der Waals surface area contributed by atoms with Gasteiger partial charge in [-0.1, -0.05) is 48.3 Å². The summed E-state index contributed by atoms with van der Waals surface area (Å²) in [4.78, 5) is 31.9. The number of hydrogen-bond donors (Lipinski definition) is 1. The van der Waals surface area contributed by atoms with Gasteiger partial charge in [-0.2, -0.15) is 0 Å². The van der Waals surface area contributed by atoms with E-state index in [4.69, 9.17) is 23.2 Å². The van der Waals surface area contributed by atoms with Crippen LogP contribution in [0, 0.1) is 0 Å². The molecule has 1 aliphatic heterocycles. The first-order valence-electron chi connectivity index (χ1n) is 9.78. The van der Waals surface area contributed by atoms with E-state index in [2.05, 4.69) is 17.2 Å². The second-order valence-electron chi connectivity index (χ2n) is 7.10. The Balaban J connectivity index is 1.76. The molecule has 0 spiro atoms. The molecule has 1 aromatic heterocycles. The standard InChI is InChI=1S/C24H19Cl2N3O2/c1-2-15-3-6-18(7-4-15)28-22-21(19-8-5-17(25)13-20(19)26)23(30)29(24(22)31)14-16-9-11-27-12-10-16/h3-13,28H,2,14H2,1H3. The van der Waals surface area contributed by atoms with Gasteiger partial charge in [-0.05, 0) is 53.9 Å². The Bertz CT molecular complexity index is 1180. The van der Waals surface area contributed by atoms with E-state index in [1.165, 1.54) is 10.5 Å². The van der Waals surface area contributed by atoms with Gasteiger partial charge in [0.05, 0.1) is 17.1 Å². The first-order valence-corrected chi connectivity index (χ1v) is 10.5. The summed E-state index contributed by atoms with van der Waals surface area (Å²) in [6.45, 7) is 2.20. The summed E-state index contributed by atoms with van der Waals surface area (Å²) in [7, 11) is 0. The van der Waals surface area contributed by atoms with E-state index >= 15 is 0 Å². The van der Waals surface area contributed by atoms with Crippen LogP contribution in [-0.2, 0) is 22.6 Å². The Labute approximate surface area is 190 Å². The Morgan fingerprint density at radius 2 is 1.61 bits per heavy atom. The number of benzene rings is 2. The first-order chi connectivity index (χ1) is 15.0. The van der Waals surface area contributed by atoms with E-state index < -0.39 is 11.8 Å². The van der Waals surface area contributed by atoms with E-state index in [0.29, 0.717) is 21.3 Å². The smallest absolute Gasteiger partial charge is 0.278 e. The van der Waals surface area contributed by atoms with Gasteiger partial charge < -0.3 is 5.32 Å². The number of aromatic nitrogens is 1. The van der Waals surface area contributed by atoms with Gasteiger partial charge in [0.1, 0.15) is 5.70 Å². The van der Waals surface area contributed by atoms with Crippen LogP contribution in [0.3, 0.4) is 0 Å². The number of carbonyl (C=O) groups excluding carboxylic acids is 2. The van der Waals surface area contributed by atoms with Crippen molar-refractivity contribution in [3.05, 3.63) is 99.4 Å². The third-order valence-electron chi connectivity index (χ3n) is 5.09. The summed E-state index contributed by atoms with van der Waals surface area (Å²) in [5, 5.41) is 3.89. The molecule has 0 radical (unpaired) electrons. The van der Waals surface area contributed by atoms with Crippen LogP contribution in [0.5, 0.6) is 0 Å². The molecule has 7 heteroatoms. The van der Waals surface area contributed by atoms with Gasteiger partial charge in [0.25, 0.3) is 11.8 Å². The minimum absolute atomic E-state index is 0.134. The van der Waals surface area contributed by atoms with Crippen molar-refractivity contribution in [1.82, 2.24) is 9.88 Å². The van der Waals surface area contributed by atoms with Gasteiger partial charge in [-0.3, -0.25) is 19.5 Å². The van der Waals surface area contributed by atoms with Crippen molar-refractivity contribution >= 4 is 46.3 Å². The van der Waals surface area contributed by atoms with E-state index in [0.717, 1.165) is 12.0 Å². The van der Waals surface area contributed by atoms with Crippen molar-refractivity contribution in [2.75, 3.05) is 5.32 Å². The third-order valence-corrected chi connectivity index (χ3v) is 5.64. The summed E-state index contributed by atoms with van der Waals surface area (Å²) in [6.07, 6.45) is 4.16. The number of hydrogen-bond acceptors (Lipinski definition) is 4. The molecular weight excluding hydrogens is 433 g/mol. The molecule has 0 aliphatic carbocycles. The highest BCUT2D eigenvalue weighted by atomic mass is 35.5. The molecule has 0 saturated heterocycles. The number of halogens is 2. The lowest BCUT2D eigenvalue weighted by molar-refractivity contribution is -0.137. The van der Waals surface area contributed by atoms with E-state index in [1.807, 2.05) is 24.3 Å². The minimum Gasteiger partial charge on any atom is -0.350 e. The fourth-order valence-electron chi connectivity index (χ4n) is 3.42. The molecule has 5 nitrogen and oxygen atoms in total. The van der Waals surface area contributed by atoms with Crippen molar-refractivity contribution in [1.29, 1.82) is 0 Å². The molecule has 4 rings (SSSR count). The largest absolute Gasteiger partial charge is 0.350 e. The van der Waals surface area contributed by atoms with Crippen molar-refractivity contribution in [3.63, 3.8) is 0 Å². The fourth-order valence-corrected chi connectivity index (χ4v) is 3.92. The molecule has 0 unspecified atom stereocenters. The minimum atomic E-state index is -0.418. The summed E-state index contributed by atoms with van der Waals surface area (Å²) in [5.41, 5.74) is 3.55. The molecule has 2 heterocycles. The Kier molecular flexibility index (Phi) is 6.07. The van der Waals surface area contributed by atoms with E-state index in [1.54, 1.807) is 42.7 Å². The van der Waals surface area contributed by atoms with Crippen molar-refractivity contribution in [2.24, 2.45) is 0 Å². The van der Waals surface area contributed by atoms with Crippen LogP contribution in [0.25, 0.3) is 5.57 Å². The monoisotopic (exact) mass is 451 g/mol. The van der Waals surface area contributed by atoms with Gasteiger partial charge in [0.15, 0.2) is 0 Å². The van der Waals surface area contributed by atoms with Gasteiger partial charge in [-0.15, -0.1) is 0 Å². The fraction of sp³-hybridized carbons (Fsp3) is 0.125. The summed E-state index contributed by atoms with van der Waals surface area (Å²) < 4.78 is 0. The SMILES string of the molecule is CCc1ccc(NC2=C(c3ccc(Cl)cc3Cl)C(=O)N(Cc3ccncc3)C2=O)cc1. The van der Waals surface area contributed by atoms with Gasteiger partial charge >= 0.3 is 0 Å². The lowest BCUT2D eigenvalue weighted by atomic mass is 10.0. The average molecular weight is 452 g/mol. The van der Waals surface area contributed by atoms with Crippen molar-refractivity contribution in [3.8, 4) is 0 Å². The zero-order valence-electron chi connectivity index (χ0n) is 16.7. The molecule has 2 amide bonds. The number of imide groups is 1. The second-order valence-corrected chi connectivity index (χ2v) is 7.95. The number of aryl methyl sites for hydroxylation is 1. The number of rotatable bonds is 6. The second kappa shape index (κ2) is 8.92. The molecule has 0 bridgehead atoms.